The zero-order chi connectivity index (χ0) is 10.7. The zero-order valence-corrected chi connectivity index (χ0v) is 7.87. The molecule has 0 saturated carbocycles. The lowest BCUT2D eigenvalue weighted by atomic mass is 10.1. The summed E-state index contributed by atoms with van der Waals surface area (Å²) in [4.78, 5) is 14.5. The predicted octanol–water partition coefficient (Wildman–Crippen LogP) is 1.39. The zero-order valence-electron chi connectivity index (χ0n) is 7.87. The molecule has 0 spiro atoms. The Labute approximate surface area is 86.0 Å². The molecule has 0 fully saturated rings. The number of hydrogen-bond acceptors (Lipinski definition) is 3. The molecule has 0 aliphatic rings. The van der Waals surface area contributed by atoms with Crippen LogP contribution in [0.15, 0.2) is 36.9 Å². The van der Waals surface area contributed by atoms with Crippen LogP contribution in [0.3, 0.4) is 0 Å². The highest BCUT2D eigenvalue weighted by Gasteiger charge is 2.04. The van der Waals surface area contributed by atoms with Gasteiger partial charge in [0.25, 0.3) is 0 Å². The van der Waals surface area contributed by atoms with E-state index in [9.17, 15) is 4.79 Å². The van der Waals surface area contributed by atoms with E-state index in [1.807, 2.05) is 12.1 Å². The van der Waals surface area contributed by atoms with Gasteiger partial charge >= 0.3 is 6.09 Å². The Kier molecular flexibility index (Phi) is 2.45. The van der Waals surface area contributed by atoms with Crippen molar-refractivity contribution in [3.63, 3.8) is 0 Å². The number of aromatic nitrogens is 3. The molecule has 0 amide bonds. The van der Waals surface area contributed by atoms with Gasteiger partial charge in [-0.3, -0.25) is 4.98 Å². The fourth-order valence-electron chi connectivity index (χ4n) is 1.29. The number of carboxylic acid groups (broad SMARTS) is 1. The minimum absolute atomic E-state index is 0.662. The first-order chi connectivity index (χ1) is 7.25. The molecule has 0 aromatic carbocycles. The molecule has 0 saturated heterocycles. The largest absolute Gasteiger partial charge is 0.463 e. The van der Waals surface area contributed by atoms with E-state index in [4.69, 9.17) is 5.11 Å². The monoisotopic (exact) mass is 203 g/mol. The van der Waals surface area contributed by atoms with Crippen LogP contribution in [0.4, 0.5) is 4.79 Å². The van der Waals surface area contributed by atoms with Crippen molar-refractivity contribution in [2.45, 2.75) is 6.42 Å². The van der Waals surface area contributed by atoms with Gasteiger partial charge in [0.1, 0.15) is 0 Å². The van der Waals surface area contributed by atoms with E-state index < -0.39 is 6.09 Å². The molecule has 0 aliphatic carbocycles. The van der Waals surface area contributed by atoms with Gasteiger partial charge in [-0.25, -0.2) is 4.79 Å². The van der Waals surface area contributed by atoms with Crippen LogP contribution in [-0.4, -0.2) is 26.0 Å². The van der Waals surface area contributed by atoms with Crippen molar-refractivity contribution in [3.8, 4) is 0 Å². The Morgan fingerprint density at radius 2 is 2.07 bits per heavy atom. The molecule has 0 unspecified atom stereocenters. The van der Waals surface area contributed by atoms with Gasteiger partial charge in [-0.05, 0) is 23.3 Å². The Morgan fingerprint density at radius 1 is 1.33 bits per heavy atom. The maximum Gasteiger partial charge on any atom is 0.432 e. The van der Waals surface area contributed by atoms with E-state index in [0.29, 0.717) is 6.42 Å². The second-order valence-electron chi connectivity index (χ2n) is 3.11. The average molecular weight is 203 g/mol. The van der Waals surface area contributed by atoms with Crippen molar-refractivity contribution in [3.05, 3.63) is 48.0 Å². The van der Waals surface area contributed by atoms with Crippen LogP contribution in [0.1, 0.15) is 11.1 Å². The molecule has 0 bridgehead atoms. The first kappa shape index (κ1) is 9.39. The lowest BCUT2D eigenvalue weighted by molar-refractivity contribution is 0.192. The second-order valence-corrected chi connectivity index (χ2v) is 3.11. The molecule has 5 heteroatoms. The maximum absolute atomic E-state index is 10.6. The van der Waals surface area contributed by atoms with Gasteiger partial charge in [-0.1, -0.05) is 0 Å². The topological polar surface area (TPSA) is 68.0 Å². The number of nitrogens with zero attached hydrogens (tertiary/aromatic N) is 3. The van der Waals surface area contributed by atoms with Crippen molar-refractivity contribution in [2.75, 3.05) is 0 Å². The van der Waals surface area contributed by atoms with Gasteiger partial charge in [0.05, 0.1) is 6.20 Å². The third kappa shape index (κ3) is 2.19. The number of pyridine rings is 1. The number of hydrogen-bond donors (Lipinski definition) is 1. The summed E-state index contributed by atoms with van der Waals surface area (Å²) in [5.74, 6) is 0. The molecule has 1 N–H and O–H groups in total. The Morgan fingerprint density at radius 3 is 2.67 bits per heavy atom. The summed E-state index contributed by atoms with van der Waals surface area (Å²) < 4.78 is 0.899. The SMILES string of the molecule is O=C(O)n1cc(Cc2ccncc2)cn1. The third-order valence-electron chi connectivity index (χ3n) is 1.99. The summed E-state index contributed by atoms with van der Waals surface area (Å²) in [6, 6.07) is 3.77. The first-order valence-corrected chi connectivity index (χ1v) is 4.41. The summed E-state index contributed by atoms with van der Waals surface area (Å²) in [6.45, 7) is 0. The molecule has 2 rings (SSSR count). The van der Waals surface area contributed by atoms with Crippen LogP contribution in [0.25, 0.3) is 0 Å². The predicted molar refractivity (Wildman–Crippen MR) is 52.7 cm³/mol. The summed E-state index contributed by atoms with van der Waals surface area (Å²) in [5.41, 5.74) is 1.94. The van der Waals surface area contributed by atoms with Gasteiger partial charge in [-0.15, -0.1) is 0 Å². The highest BCUT2D eigenvalue weighted by atomic mass is 16.4. The molecule has 2 heterocycles. The maximum atomic E-state index is 10.6. The molecule has 76 valence electrons. The van der Waals surface area contributed by atoms with Crippen LogP contribution < -0.4 is 0 Å². The van der Waals surface area contributed by atoms with Crippen LogP contribution in [0.5, 0.6) is 0 Å². The minimum atomic E-state index is -1.07. The van der Waals surface area contributed by atoms with Crippen molar-refractivity contribution in [2.24, 2.45) is 0 Å². The molecule has 0 atom stereocenters. The summed E-state index contributed by atoms with van der Waals surface area (Å²) >= 11 is 0. The van der Waals surface area contributed by atoms with Gasteiger partial charge in [-0.2, -0.15) is 9.78 Å². The average Bonchev–Trinajstić information content (AvgIpc) is 2.68. The highest BCUT2D eigenvalue weighted by Crippen LogP contribution is 2.06. The molecule has 2 aromatic rings. The fraction of sp³-hybridized carbons (Fsp3) is 0.100. The second kappa shape index (κ2) is 3.91. The smallest absolute Gasteiger partial charge is 0.432 e. The lowest BCUT2D eigenvalue weighted by Crippen LogP contribution is -2.07. The van der Waals surface area contributed by atoms with E-state index in [1.165, 1.54) is 6.20 Å². The third-order valence-corrected chi connectivity index (χ3v) is 1.99. The normalized spacial score (nSPS) is 10.1. The highest BCUT2D eigenvalue weighted by molar-refractivity contribution is 5.66. The van der Waals surface area contributed by atoms with Gasteiger partial charge in [0.15, 0.2) is 0 Å². The summed E-state index contributed by atoms with van der Waals surface area (Å²) in [6.07, 6.45) is 6.05. The van der Waals surface area contributed by atoms with Crippen LogP contribution in [-0.2, 0) is 6.42 Å². The summed E-state index contributed by atoms with van der Waals surface area (Å²) in [5, 5.41) is 12.4. The van der Waals surface area contributed by atoms with Crippen LogP contribution >= 0.6 is 0 Å². The van der Waals surface area contributed by atoms with Crippen molar-refractivity contribution >= 4 is 6.09 Å². The standard InChI is InChI=1S/C10H9N3O2/c14-10(15)13-7-9(6-12-13)5-8-1-3-11-4-2-8/h1-4,6-7H,5H2,(H,14,15). The Bertz CT molecular complexity index is 465. The van der Waals surface area contributed by atoms with E-state index in [0.717, 1.165) is 15.8 Å². The molecular weight excluding hydrogens is 194 g/mol. The van der Waals surface area contributed by atoms with E-state index in [1.54, 1.807) is 18.6 Å². The first-order valence-electron chi connectivity index (χ1n) is 4.41. The number of rotatable bonds is 2. The molecular formula is C10H9N3O2. The van der Waals surface area contributed by atoms with Crippen molar-refractivity contribution < 1.29 is 9.90 Å². The van der Waals surface area contributed by atoms with Crippen LogP contribution in [0.2, 0.25) is 0 Å². The fourth-order valence-corrected chi connectivity index (χ4v) is 1.29. The molecule has 0 radical (unpaired) electrons. The summed E-state index contributed by atoms with van der Waals surface area (Å²) in [7, 11) is 0. The minimum Gasteiger partial charge on any atom is -0.463 e. The van der Waals surface area contributed by atoms with E-state index in [2.05, 4.69) is 10.1 Å². The van der Waals surface area contributed by atoms with Gasteiger partial charge < -0.3 is 5.11 Å². The quantitative estimate of drug-likeness (QED) is 0.800. The van der Waals surface area contributed by atoms with E-state index >= 15 is 0 Å². The molecule has 0 aliphatic heterocycles. The molecule has 5 nitrogen and oxygen atoms in total. The van der Waals surface area contributed by atoms with Crippen LogP contribution in [0, 0.1) is 0 Å². The van der Waals surface area contributed by atoms with Gasteiger partial charge in [0, 0.05) is 25.0 Å². The Balaban J connectivity index is 2.15. The van der Waals surface area contributed by atoms with E-state index in [-0.39, 0.29) is 0 Å². The van der Waals surface area contributed by atoms with Gasteiger partial charge in [0.2, 0.25) is 0 Å². The number of carbonyl (C=O) groups is 1. The molecule has 2 aromatic heterocycles. The van der Waals surface area contributed by atoms with Crippen molar-refractivity contribution in [1.29, 1.82) is 0 Å². The van der Waals surface area contributed by atoms with Crippen molar-refractivity contribution in [1.82, 2.24) is 14.8 Å². The lowest BCUT2D eigenvalue weighted by Gasteiger charge is -1.95. The Hall–Kier alpha value is -2.17. The molecule has 15 heavy (non-hydrogen) atoms.